The number of pyridine rings is 2. The first-order valence-electron chi connectivity index (χ1n) is 12.1. The van der Waals surface area contributed by atoms with Gasteiger partial charge in [0.05, 0.1) is 39.9 Å². The van der Waals surface area contributed by atoms with Gasteiger partial charge in [-0.3, -0.25) is 24.2 Å². The van der Waals surface area contributed by atoms with Crippen molar-refractivity contribution >= 4 is 17.5 Å². The molecule has 5 heterocycles. The van der Waals surface area contributed by atoms with Crippen LogP contribution in [0.25, 0.3) is 11.3 Å². The van der Waals surface area contributed by atoms with Crippen molar-refractivity contribution in [3.63, 3.8) is 0 Å². The molecule has 0 aliphatic carbocycles. The van der Waals surface area contributed by atoms with Crippen LogP contribution in [0.4, 0.5) is 18.9 Å². The molecule has 0 bridgehead atoms. The Hall–Kier alpha value is -3.76. The van der Waals surface area contributed by atoms with Gasteiger partial charge in [-0.15, -0.1) is 0 Å². The first-order valence-corrected chi connectivity index (χ1v) is 12.1. The van der Waals surface area contributed by atoms with Gasteiger partial charge in [0.1, 0.15) is 6.54 Å². The van der Waals surface area contributed by atoms with Gasteiger partial charge in [0.25, 0.3) is 11.8 Å². The van der Waals surface area contributed by atoms with Gasteiger partial charge >= 0.3 is 6.18 Å². The fourth-order valence-electron chi connectivity index (χ4n) is 5.28. The lowest BCUT2D eigenvalue weighted by Crippen LogP contribution is -2.39. The van der Waals surface area contributed by atoms with Crippen LogP contribution >= 0.6 is 0 Å². The predicted octanol–water partition coefficient (Wildman–Crippen LogP) is 4.73. The van der Waals surface area contributed by atoms with E-state index in [1.165, 1.54) is 17.3 Å². The minimum Gasteiger partial charge on any atom is -0.336 e. The molecule has 2 amide bonds. The van der Waals surface area contributed by atoms with Crippen LogP contribution in [0.15, 0.2) is 36.9 Å². The third kappa shape index (κ3) is 4.36. The Bertz CT molecular complexity index is 1400. The molecule has 0 N–H and O–H groups in total. The summed E-state index contributed by atoms with van der Waals surface area (Å²) in [6.07, 6.45) is 3.16. The number of carbonyl (C=O) groups is 2. The normalized spacial score (nSPS) is 19.0. The molecule has 1 atom stereocenters. The number of fused-ring (bicyclic) bond motifs is 1. The minimum absolute atomic E-state index is 0.0743. The minimum atomic E-state index is -4.43. The zero-order chi connectivity index (χ0) is 26.7. The Morgan fingerprint density at radius 2 is 1.95 bits per heavy atom. The second-order valence-electron chi connectivity index (χ2n) is 10.2. The largest absolute Gasteiger partial charge is 0.408 e. The molecule has 1 fully saturated rings. The van der Waals surface area contributed by atoms with Crippen molar-refractivity contribution in [3.8, 4) is 11.3 Å². The van der Waals surface area contributed by atoms with Gasteiger partial charge in [-0.2, -0.15) is 18.3 Å². The number of nitrogens with zero attached hydrogens (tertiary/aromatic N) is 6. The highest BCUT2D eigenvalue weighted by atomic mass is 19.4. The quantitative estimate of drug-likeness (QED) is 0.505. The molecule has 3 aromatic heterocycles. The number of likely N-dealkylation sites (tertiary alicyclic amines) is 1. The predicted molar refractivity (Wildman–Crippen MR) is 130 cm³/mol. The van der Waals surface area contributed by atoms with Crippen molar-refractivity contribution in [1.29, 1.82) is 0 Å². The van der Waals surface area contributed by atoms with Crippen LogP contribution in [0.1, 0.15) is 65.6 Å². The number of hydrogen-bond acceptors (Lipinski definition) is 5. The van der Waals surface area contributed by atoms with Crippen molar-refractivity contribution in [2.24, 2.45) is 0 Å². The van der Waals surface area contributed by atoms with Gasteiger partial charge in [-0.1, -0.05) is 0 Å². The molecule has 0 radical (unpaired) electrons. The standard InChI is InChI=1S/C26H27F3N6O2/c1-15-8-20(17-9-18(11-30-10-17)23(36)34-7-5-6-16(34)2)32-22-21(15)24(37)35(25(22,3)4)19-12-31-33(13-19)14-26(27,28)29/h8-13,16H,5-7,14H2,1-4H3/t16-/m0/s1. The monoisotopic (exact) mass is 512 g/mol. The number of aromatic nitrogens is 4. The fraction of sp³-hybridized carbons (Fsp3) is 0.423. The second-order valence-corrected chi connectivity index (χ2v) is 10.2. The lowest BCUT2D eigenvalue weighted by molar-refractivity contribution is -0.142. The van der Waals surface area contributed by atoms with Crippen LogP contribution in [0, 0.1) is 6.92 Å². The molecule has 194 valence electrons. The van der Waals surface area contributed by atoms with E-state index >= 15 is 0 Å². The molecule has 3 aromatic rings. The zero-order valence-corrected chi connectivity index (χ0v) is 21.0. The van der Waals surface area contributed by atoms with Crippen LogP contribution in [0.5, 0.6) is 0 Å². The molecule has 0 unspecified atom stereocenters. The summed E-state index contributed by atoms with van der Waals surface area (Å²) in [5.41, 5.74) is 2.56. The SMILES string of the molecule is Cc1cc(-c2cncc(C(=O)N3CCC[C@@H]3C)c2)nc2c1C(=O)N(c1cnn(CC(F)(F)F)c1)C2(C)C. The maximum Gasteiger partial charge on any atom is 0.408 e. The van der Waals surface area contributed by atoms with Crippen LogP contribution in [-0.2, 0) is 12.1 Å². The van der Waals surface area contributed by atoms with E-state index in [9.17, 15) is 22.8 Å². The summed E-state index contributed by atoms with van der Waals surface area (Å²) in [5, 5.41) is 3.80. The Morgan fingerprint density at radius 3 is 2.62 bits per heavy atom. The van der Waals surface area contributed by atoms with E-state index in [0.717, 1.165) is 17.5 Å². The summed E-state index contributed by atoms with van der Waals surface area (Å²) in [4.78, 5) is 38.9. The number of aryl methyl sites for hydroxylation is 1. The Balaban J connectivity index is 1.50. The van der Waals surface area contributed by atoms with Crippen molar-refractivity contribution < 1.29 is 22.8 Å². The highest BCUT2D eigenvalue weighted by Crippen LogP contribution is 2.43. The van der Waals surface area contributed by atoms with Crippen LogP contribution < -0.4 is 4.90 Å². The number of alkyl halides is 3. The molecule has 0 spiro atoms. The number of hydrogen-bond donors (Lipinski definition) is 0. The summed E-state index contributed by atoms with van der Waals surface area (Å²) >= 11 is 0. The van der Waals surface area contributed by atoms with Crippen LogP contribution in [-0.4, -0.2) is 55.2 Å². The lowest BCUT2D eigenvalue weighted by Gasteiger charge is -2.30. The number of rotatable bonds is 4. The summed E-state index contributed by atoms with van der Waals surface area (Å²) in [6.45, 7) is 6.88. The summed E-state index contributed by atoms with van der Waals surface area (Å²) in [7, 11) is 0. The third-order valence-corrected chi connectivity index (χ3v) is 7.09. The Kier molecular flexibility index (Phi) is 5.84. The second kappa shape index (κ2) is 8.67. The average molecular weight is 513 g/mol. The fourth-order valence-corrected chi connectivity index (χ4v) is 5.28. The average Bonchev–Trinajstić information content (AvgIpc) is 3.49. The maximum atomic E-state index is 13.5. The van der Waals surface area contributed by atoms with E-state index < -0.39 is 18.3 Å². The Morgan fingerprint density at radius 1 is 1.19 bits per heavy atom. The van der Waals surface area contributed by atoms with Gasteiger partial charge in [-0.25, -0.2) is 4.98 Å². The van der Waals surface area contributed by atoms with E-state index in [0.29, 0.717) is 40.2 Å². The van der Waals surface area contributed by atoms with E-state index in [-0.39, 0.29) is 23.5 Å². The maximum absolute atomic E-state index is 13.5. The summed E-state index contributed by atoms with van der Waals surface area (Å²) < 4.78 is 39.3. The smallest absolute Gasteiger partial charge is 0.336 e. The summed E-state index contributed by atoms with van der Waals surface area (Å²) in [6, 6.07) is 3.71. The molecule has 1 saturated heterocycles. The molecule has 11 heteroatoms. The first-order chi connectivity index (χ1) is 17.4. The highest BCUT2D eigenvalue weighted by molar-refractivity contribution is 6.12. The van der Waals surface area contributed by atoms with Crippen LogP contribution in [0.2, 0.25) is 0 Å². The van der Waals surface area contributed by atoms with Crippen molar-refractivity contribution in [2.45, 2.75) is 64.8 Å². The molecule has 37 heavy (non-hydrogen) atoms. The van der Waals surface area contributed by atoms with E-state index in [1.807, 2.05) is 11.8 Å². The van der Waals surface area contributed by atoms with Crippen LogP contribution in [0.3, 0.4) is 0 Å². The van der Waals surface area contributed by atoms with Crippen molar-refractivity contribution in [3.05, 3.63) is 59.3 Å². The lowest BCUT2D eigenvalue weighted by atomic mass is 9.96. The third-order valence-electron chi connectivity index (χ3n) is 7.09. The van der Waals surface area contributed by atoms with E-state index in [1.54, 1.807) is 45.3 Å². The van der Waals surface area contributed by atoms with Gasteiger partial charge in [-0.05, 0) is 58.2 Å². The topological polar surface area (TPSA) is 84.2 Å². The van der Waals surface area contributed by atoms with Gasteiger partial charge in [0, 0.05) is 36.7 Å². The Labute approximate surface area is 212 Å². The van der Waals surface area contributed by atoms with Crippen molar-refractivity contribution in [1.82, 2.24) is 24.6 Å². The van der Waals surface area contributed by atoms with Gasteiger partial charge < -0.3 is 4.90 Å². The van der Waals surface area contributed by atoms with Gasteiger partial charge in [0.15, 0.2) is 0 Å². The molecular weight excluding hydrogens is 485 g/mol. The first kappa shape index (κ1) is 24.9. The molecular formula is C26H27F3N6O2. The highest BCUT2D eigenvalue weighted by Gasteiger charge is 2.47. The number of halogens is 3. The van der Waals surface area contributed by atoms with Crippen molar-refractivity contribution in [2.75, 3.05) is 11.4 Å². The molecule has 0 aromatic carbocycles. The molecule has 2 aliphatic rings. The molecule has 8 nitrogen and oxygen atoms in total. The number of anilines is 1. The van der Waals surface area contributed by atoms with E-state index in [2.05, 4.69) is 10.1 Å². The summed E-state index contributed by atoms with van der Waals surface area (Å²) in [5.74, 6) is -0.428. The molecule has 5 rings (SSSR count). The number of carbonyl (C=O) groups excluding carboxylic acids is 2. The molecule has 0 saturated carbocycles. The number of amides is 2. The van der Waals surface area contributed by atoms with E-state index in [4.69, 9.17) is 4.98 Å². The van der Waals surface area contributed by atoms with Gasteiger partial charge in [0.2, 0.25) is 0 Å². The zero-order valence-electron chi connectivity index (χ0n) is 21.0. The molecule has 2 aliphatic heterocycles.